The second-order valence-electron chi connectivity index (χ2n) is 11.8. The zero-order chi connectivity index (χ0) is 24.5. The molecule has 0 aromatic heterocycles. The maximum Gasteiger partial charge on any atom is 0.192 e. The Balaban J connectivity index is 2.50. The van der Waals surface area contributed by atoms with Crippen LogP contribution in [0.1, 0.15) is 41.5 Å². The average Bonchev–Trinajstić information content (AvgIpc) is 2.65. The van der Waals surface area contributed by atoms with Gasteiger partial charge in [0.2, 0.25) is 0 Å². The van der Waals surface area contributed by atoms with E-state index in [2.05, 4.69) is 67.7 Å². The first kappa shape index (κ1) is 28.0. The van der Waals surface area contributed by atoms with E-state index in [9.17, 15) is 10.2 Å². The average molecular weight is 501 g/mol. The fourth-order valence-corrected chi connectivity index (χ4v) is 6.89. The molecule has 184 valence electrons. The van der Waals surface area contributed by atoms with Crippen molar-refractivity contribution in [2.24, 2.45) is 0 Å². The Labute approximate surface area is 201 Å². The summed E-state index contributed by atoms with van der Waals surface area (Å²) in [5, 5.41) is 21.2. The highest BCUT2D eigenvalue weighted by Crippen LogP contribution is 2.45. The zero-order valence-corrected chi connectivity index (χ0v) is 24.3. The van der Waals surface area contributed by atoms with Gasteiger partial charge in [0, 0.05) is 4.90 Å². The van der Waals surface area contributed by atoms with Gasteiger partial charge in [0.25, 0.3) is 0 Å². The van der Waals surface area contributed by atoms with Crippen molar-refractivity contribution in [3.05, 3.63) is 30.3 Å². The lowest BCUT2D eigenvalue weighted by atomic mass is 10.0. The van der Waals surface area contributed by atoms with E-state index in [1.54, 1.807) is 11.8 Å². The quantitative estimate of drug-likeness (QED) is 0.472. The molecule has 5 nitrogen and oxygen atoms in total. The molecule has 2 rings (SSSR count). The molecule has 0 saturated carbocycles. The Bertz CT molecular complexity index is 730. The van der Waals surface area contributed by atoms with E-state index in [-0.39, 0.29) is 16.7 Å². The summed E-state index contributed by atoms with van der Waals surface area (Å²) in [7, 11) is -4.44. The second kappa shape index (κ2) is 10.2. The molecule has 0 aliphatic carbocycles. The Kier molecular flexibility index (Phi) is 8.94. The largest absolute Gasteiger partial charge is 0.408 e. The number of ether oxygens (including phenoxy) is 1. The maximum atomic E-state index is 11.3. The topological polar surface area (TPSA) is 68.2 Å². The minimum Gasteiger partial charge on any atom is -0.408 e. The Hall–Kier alpha value is -0.196. The minimum atomic E-state index is -2.23. The van der Waals surface area contributed by atoms with Crippen molar-refractivity contribution >= 4 is 28.4 Å². The summed E-state index contributed by atoms with van der Waals surface area (Å²) in [6.07, 6.45) is -2.70. The van der Waals surface area contributed by atoms with Crippen LogP contribution in [0.25, 0.3) is 0 Å². The van der Waals surface area contributed by atoms with Crippen molar-refractivity contribution in [2.75, 3.05) is 6.61 Å². The van der Waals surface area contributed by atoms with Gasteiger partial charge in [0.05, 0.1) is 6.61 Å². The molecule has 5 atom stereocenters. The van der Waals surface area contributed by atoms with Gasteiger partial charge in [-0.05, 0) is 48.4 Å². The van der Waals surface area contributed by atoms with Gasteiger partial charge in [0.1, 0.15) is 29.9 Å². The van der Waals surface area contributed by atoms with Crippen LogP contribution in [0.3, 0.4) is 0 Å². The van der Waals surface area contributed by atoms with Crippen LogP contribution in [0, 0.1) is 0 Å². The monoisotopic (exact) mass is 500 g/mol. The molecule has 0 amide bonds. The van der Waals surface area contributed by atoms with Gasteiger partial charge in [0.15, 0.2) is 16.6 Å². The number of aliphatic hydroxyl groups excluding tert-OH is 2. The number of hydrogen-bond acceptors (Lipinski definition) is 6. The lowest BCUT2D eigenvalue weighted by molar-refractivity contribution is -0.197. The summed E-state index contributed by atoms with van der Waals surface area (Å²) >= 11 is 1.57. The lowest BCUT2D eigenvalue weighted by Crippen LogP contribution is -2.65. The number of aliphatic hydroxyl groups is 2. The van der Waals surface area contributed by atoms with Crippen LogP contribution in [0.5, 0.6) is 0 Å². The van der Waals surface area contributed by atoms with Crippen molar-refractivity contribution in [1.29, 1.82) is 0 Å². The lowest BCUT2D eigenvalue weighted by Gasteiger charge is -2.51. The van der Waals surface area contributed by atoms with E-state index >= 15 is 0 Å². The first-order valence-corrected chi connectivity index (χ1v) is 18.2. The fraction of sp³-hybridized carbons (Fsp3) is 0.750. The summed E-state index contributed by atoms with van der Waals surface area (Å²) in [6, 6.07) is 10.1. The first-order valence-electron chi connectivity index (χ1n) is 11.5. The Morgan fingerprint density at radius 3 is 1.78 bits per heavy atom. The van der Waals surface area contributed by atoms with Crippen molar-refractivity contribution < 1.29 is 23.8 Å². The molecule has 1 aromatic carbocycles. The number of thioether (sulfide) groups is 1. The minimum absolute atomic E-state index is 0.00470. The van der Waals surface area contributed by atoms with Crippen LogP contribution in [0.15, 0.2) is 35.2 Å². The Morgan fingerprint density at radius 1 is 0.875 bits per heavy atom. The SMILES string of the molecule is CC(C)(C)[Si](C)(C)O[C@@H]1[C@@H](O[Si](C)(C)C(C)(C)C)[C@H](O)[C@@H](CO)O[C@H]1Sc1ccccc1. The van der Waals surface area contributed by atoms with E-state index in [1.165, 1.54) is 0 Å². The molecule has 1 fully saturated rings. The third-order valence-corrected chi connectivity index (χ3v) is 17.4. The van der Waals surface area contributed by atoms with E-state index < -0.39 is 46.5 Å². The van der Waals surface area contributed by atoms with Gasteiger partial charge < -0.3 is 23.8 Å². The number of benzene rings is 1. The molecule has 1 aliphatic rings. The molecule has 32 heavy (non-hydrogen) atoms. The van der Waals surface area contributed by atoms with Crippen molar-refractivity contribution in [3.8, 4) is 0 Å². The van der Waals surface area contributed by atoms with Crippen LogP contribution in [0.4, 0.5) is 0 Å². The summed E-state index contributed by atoms with van der Waals surface area (Å²) in [4.78, 5) is 1.06. The van der Waals surface area contributed by atoms with Gasteiger partial charge in [-0.25, -0.2) is 0 Å². The van der Waals surface area contributed by atoms with Gasteiger partial charge in [-0.2, -0.15) is 0 Å². The molecule has 2 N–H and O–H groups in total. The molecule has 0 bridgehead atoms. The van der Waals surface area contributed by atoms with E-state index in [1.807, 2.05) is 30.3 Å². The molecule has 1 aliphatic heterocycles. The summed E-state index contributed by atoms with van der Waals surface area (Å²) < 4.78 is 20.0. The molecular formula is C24H44O5SSi2. The standard InChI is InChI=1S/C24H44O5SSi2/c1-23(2,3)31(7,8)28-20-19(26)18(16-25)27-22(30-17-14-12-11-13-15-17)21(20)29-32(9,10)24(4,5)6/h11-15,18-22,25-26H,16H2,1-10H3/t18-,19-,20+,21-,22+/m1/s1. The van der Waals surface area contributed by atoms with E-state index in [0.29, 0.717) is 0 Å². The molecule has 0 spiro atoms. The van der Waals surface area contributed by atoms with Gasteiger partial charge in [-0.15, -0.1) is 0 Å². The number of rotatable bonds is 7. The third kappa shape index (κ3) is 6.47. The van der Waals surface area contributed by atoms with E-state index in [0.717, 1.165) is 4.90 Å². The van der Waals surface area contributed by atoms with Crippen LogP contribution in [-0.2, 0) is 13.6 Å². The predicted molar refractivity (Wildman–Crippen MR) is 138 cm³/mol. The Morgan fingerprint density at radius 2 is 1.34 bits per heavy atom. The third-order valence-electron chi connectivity index (χ3n) is 7.27. The molecule has 8 heteroatoms. The van der Waals surface area contributed by atoms with E-state index in [4.69, 9.17) is 13.6 Å². The highest BCUT2D eigenvalue weighted by Gasteiger charge is 2.53. The van der Waals surface area contributed by atoms with Gasteiger partial charge in [-0.1, -0.05) is 71.5 Å². The summed E-state index contributed by atoms with van der Waals surface area (Å²) in [5.74, 6) is 0. The number of hydrogen-bond donors (Lipinski definition) is 2. The van der Waals surface area contributed by atoms with Crippen molar-refractivity contribution in [2.45, 2.75) is 113 Å². The summed E-state index contributed by atoms with van der Waals surface area (Å²) in [6.45, 7) is 21.7. The van der Waals surface area contributed by atoms with Gasteiger partial charge in [-0.3, -0.25) is 0 Å². The van der Waals surface area contributed by atoms with Crippen LogP contribution in [-0.4, -0.2) is 63.3 Å². The molecular weight excluding hydrogens is 456 g/mol. The molecule has 1 heterocycles. The second-order valence-corrected chi connectivity index (χ2v) is 22.5. The molecule has 1 aromatic rings. The van der Waals surface area contributed by atoms with Gasteiger partial charge >= 0.3 is 0 Å². The highest BCUT2D eigenvalue weighted by molar-refractivity contribution is 7.99. The molecule has 1 saturated heterocycles. The predicted octanol–water partition coefficient (Wildman–Crippen LogP) is 5.64. The van der Waals surface area contributed by atoms with Crippen LogP contribution < -0.4 is 0 Å². The van der Waals surface area contributed by atoms with Crippen molar-refractivity contribution in [1.82, 2.24) is 0 Å². The fourth-order valence-electron chi connectivity index (χ4n) is 3.06. The van der Waals surface area contributed by atoms with Crippen molar-refractivity contribution in [3.63, 3.8) is 0 Å². The molecule has 0 radical (unpaired) electrons. The molecule has 0 unspecified atom stereocenters. The maximum absolute atomic E-state index is 11.3. The van der Waals surface area contributed by atoms with Crippen LogP contribution >= 0.6 is 11.8 Å². The highest BCUT2D eigenvalue weighted by atomic mass is 32.2. The summed E-state index contributed by atoms with van der Waals surface area (Å²) in [5.41, 5.74) is -0.401. The normalized spacial score (nSPS) is 28.1. The zero-order valence-electron chi connectivity index (χ0n) is 21.5. The first-order chi connectivity index (χ1) is 14.5. The smallest absolute Gasteiger partial charge is 0.192 e. The van der Waals surface area contributed by atoms with Crippen LogP contribution in [0.2, 0.25) is 36.3 Å².